The zero-order chi connectivity index (χ0) is 9.14. The second-order valence-corrected chi connectivity index (χ2v) is 3.33. The molecule has 12 heavy (non-hydrogen) atoms. The van der Waals surface area contributed by atoms with Gasteiger partial charge >= 0.3 is 0 Å². The summed E-state index contributed by atoms with van der Waals surface area (Å²) in [7, 11) is 0. The lowest BCUT2D eigenvalue weighted by Crippen LogP contribution is -2.11. The monoisotopic (exact) mass is 205 g/mol. The van der Waals surface area contributed by atoms with Gasteiger partial charge in [0, 0.05) is 16.6 Å². The van der Waals surface area contributed by atoms with Gasteiger partial charge in [-0.05, 0) is 23.8 Å². The second kappa shape index (κ2) is 4.10. The number of aliphatic hydroxyl groups is 1. The molecule has 4 heteroatoms. The van der Waals surface area contributed by atoms with Crippen LogP contribution in [0.5, 0.6) is 0 Å². The van der Waals surface area contributed by atoms with Gasteiger partial charge in [0.15, 0.2) is 0 Å². The average Bonchev–Trinajstić information content (AvgIpc) is 2.01. The number of hydrogen-bond acceptors (Lipinski definition) is 2. The van der Waals surface area contributed by atoms with Gasteiger partial charge in [0.2, 0.25) is 0 Å². The Kier molecular flexibility index (Phi) is 3.35. The highest BCUT2D eigenvalue weighted by atomic mass is 35.5. The van der Waals surface area contributed by atoms with E-state index in [1.54, 1.807) is 18.2 Å². The molecule has 1 aromatic rings. The summed E-state index contributed by atoms with van der Waals surface area (Å²) in [5.74, 6) is 0. The molecule has 1 aromatic carbocycles. The molecule has 0 aliphatic carbocycles. The molecule has 1 atom stereocenters. The third kappa shape index (κ3) is 2.35. The van der Waals surface area contributed by atoms with Crippen LogP contribution in [0.1, 0.15) is 11.7 Å². The van der Waals surface area contributed by atoms with Crippen molar-refractivity contribution in [2.75, 3.05) is 6.54 Å². The van der Waals surface area contributed by atoms with Crippen LogP contribution in [0, 0.1) is 0 Å². The normalized spacial score (nSPS) is 13.0. The predicted molar refractivity (Wildman–Crippen MR) is 50.5 cm³/mol. The Labute approximate surface area is 80.9 Å². The number of hydrogen-bond donors (Lipinski definition) is 2. The number of benzene rings is 1. The maximum Gasteiger partial charge on any atom is 0.0913 e. The first-order valence-electron chi connectivity index (χ1n) is 3.47. The third-order valence-corrected chi connectivity index (χ3v) is 1.93. The smallest absolute Gasteiger partial charge is 0.0913 e. The van der Waals surface area contributed by atoms with E-state index in [1.807, 2.05) is 0 Å². The summed E-state index contributed by atoms with van der Waals surface area (Å²) in [6.45, 7) is 0.163. The summed E-state index contributed by atoms with van der Waals surface area (Å²) in [5, 5.41) is 10.3. The number of aliphatic hydroxyl groups excluding tert-OH is 1. The molecule has 0 saturated carbocycles. The van der Waals surface area contributed by atoms with Crippen molar-refractivity contribution in [3.8, 4) is 0 Å². The van der Waals surface area contributed by atoms with E-state index < -0.39 is 6.10 Å². The Hall–Kier alpha value is -0.280. The molecule has 0 fully saturated rings. The van der Waals surface area contributed by atoms with E-state index in [0.29, 0.717) is 15.6 Å². The average molecular weight is 206 g/mol. The van der Waals surface area contributed by atoms with Crippen LogP contribution >= 0.6 is 23.2 Å². The van der Waals surface area contributed by atoms with Crippen LogP contribution in [0.25, 0.3) is 0 Å². The second-order valence-electron chi connectivity index (χ2n) is 2.45. The highest BCUT2D eigenvalue weighted by molar-refractivity contribution is 6.34. The van der Waals surface area contributed by atoms with Crippen LogP contribution in [0.3, 0.4) is 0 Å². The van der Waals surface area contributed by atoms with Gasteiger partial charge in [-0.15, -0.1) is 0 Å². The van der Waals surface area contributed by atoms with Crippen molar-refractivity contribution < 1.29 is 5.11 Å². The van der Waals surface area contributed by atoms with Crippen LogP contribution in [0.2, 0.25) is 10.0 Å². The van der Waals surface area contributed by atoms with E-state index in [-0.39, 0.29) is 6.54 Å². The lowest BCUT2D eigenvalue weighted by molar-refractivity contribution is 0.187. The lowest BCUT2D eigenvalue weighted by Gasteiger charge is -2.08. The Morgan fingerprint density at radius 3 is 2.17 bits per heavy atom. The lowest BCUT2D eigenvalue weighted by atomic mass is 10.1. The minimum absolute atomic E-state index is 0.163. The number of nitrogens with two attached hydrogens (primary N) is 1. The Morgan fingerprint density at radius 1 is 1.25 bits per heavy atom. The van der Waals surface area contributed by atoms with Crippen molar-refractivity contribution in [1.82, 2.24) is 0 Å². The molecule has 0 heterocycles. The van der Waals surface area contributed by atoms with E-state index >= 15 is 0 Å². The van der Waals surface area contributed by atoms with Crippen molar-refractivity contribution in [3.05, 3.63) is 33.8 Å². The molecule has 0 saturated heterocycles. The van der Waals surface area contributed by atoms with E-state index in [4.69, 9.17) is 28.9 Å². The molecular formula is C8H9Cl2NO. The fraction of sp³-hybridized carbons (Fsp3) is 0.250. The third-order valence-electron chi connectivity index (χ3n) is 1.49. The van der Waals surface area contributed by atoms with Gasteiger partial charge in [0.25, 0.3) is 0 Å². The zero-order valence-corrected chi connectivity index (χ0v) is 7.81. The Bertz CT molecular complexity index is 258. The van der Waals surface area contributed by atoms with Crippen molar-refractivity contribution in [2.24, 2.45) is 5.73 Å². The molecule has 66 valence electrons. The maximum absolute atomic E-state index is 9.34. The van der Waals surface area contributed by atoms with E-state index in [1.165, 1.54) is 0 Å². The zero-order valence-electron chi connectivity index (χ0n) is 6.30. The van der Waals surface area contributed by atoms with Crippen LogP contribution in [-0.2, 0) is 0 Å². The molecule has 1 unspecified atom stereocenters. The summed E-state index contributed by atoms with van der Waals surface area (Å²) in [4.78, 5) is 0. The quantitative estimate of drug-likeness (QED) is 0.777. The Morgan fingerprint density at radius 2 is 1.75 bits per heavy atom. The SMILES string of the molecule is NCC(O)c1cc(Cl)cc(Cl)c1. The fourth-order valence-corrected chi connectivity index (χ4v) is 1.45. The van der Waals surface area contributed by atoms with Gasteiger partial charge in [0.05, 0.1) is 6.10 Å². The van der Waals surface area contributed by atoms with E-state index in [2.05, 4.69) is 0 Å². The molecule has 0 radical (unpaired) electrons. The largest absolute Gasteiger partial charge is 0.387 e. The first kappa shape index (κ1) is 9.81. The van der Waals surface area contributed by atoms with Crippen molar-refractivity contribution in [1.29, 1.82) is 0 Å². The minimum atomic E-state index is -0.693. The summed E-state index contributed by atoms with van der Waals surface area (Å²) in [5.41, 5.74) is 5.92. The summed E-state index contributed by atoms with van der Waals surface area (Å²) < 4.78 is 0. The van der Waals surface area contributed by atoms with Crippen molar-refractivity contribution >= 4 is 23.2 Å². The first-order chi connectivity index (χ1) is 5.63. The molecule has 0 aromatic heterocycles. The van der Waals surface area contributed by atoms with Gasteiger partial charge in [0.1, 0.15) is 0 Å². The van der Waals surface area contributed by atoms with Gasteiger partial charge in [-0.2, -0.15) is 0 Å². The van der Waals surface area contributed by atoms with Crippen LogP contribution in [0.4, 0.5) is 0 Å². The summed E-state index contributed by atoms with van der Waals surface area (Å²) >= 11 is 11.4. The van der Waals surface area contributed by atoms with Gasteiger partial charge < -0.3 is 10.8 Å². The van der Waals surface area contributed by atoms with Crippen LogP contribution < -0.4 is 5.73 Å². The minimum Gasteiger partial charge on any atom is -0.387 e. The molecule has 0 aliphatic rings. The molecule has 1 rings (SSSR count). The predicted octanol–water partition coefficient (Wildman–Crippen LogP) is 1.99. The highest BCUT2D eigenvalue weighted by Gasteiger charge is 2.06. The molecule has 0 amide bonds. The Balaban J connectivity index is 3.00. The molecule has 0 spiro atoms. The molecule has 3 N–H and O–H groups in total. The maximum atomic E-state index is 9.34. The number of halogens is 2. The van der Waals surface area contributed by atoms with E-state index in [9.17, 15) is 5.11 Å². The summed E-state index contributed by atoms with van der Waals surface area (Å²) in [6.07, 6.45) is -0.693. The van der Waals surface area contributed by atoms with Crippen LogP contribution in [0.15, 0.2) is 18.2 Å². The topological polar surface area (TPSA) is 46.2 Å². The molecule has 0 aliphatic heterocycles. The summed E-state index contributed by atoms with van der Waals surface area (Å²) in [6, 6.07) is 4.89. The first-order valence-corrected chi connectivity index (χ1v) is 4.23. The molecule has 2 nitrogen and oxygen atoms in total. The van der Waals surface area contributed by atoms with Gasteiger partial charge in [-0.3, -0.25) is 0 Å². The molecular weight excluding hydrogens is 197 g/mol. The van der Waals surface area contributed by atoms with Gasteiger partial charge in [-0.1, -0.05) is 23.2 Å². The standard InChI is InChI=1S/C8H9Cl2NO/c9-6-1-5(8(12)4-11)2-7(10)3-6/h1-3,8,12H,4,11H2. The van der Waals surface area contributed by atoms with Gasteiger partial charge in [-0.25, -0.2) is 0 Å². The fourth-order valence-electron chi connectivity index (χ4n) is 0.904. The molecule has 0 bridgehead atoms. The van der Waals surface area contributed by atoms with E-state index in [0.717, 1.165) is 0 Å². The van der Waals surface area contributed by atoms with Crippen molar-refractivity contribution in [2.45, 2.75) is 6.10 Å². The van der Waals surface area contributed by atoms with Crippen LogP contribution in [-0.4, -0.2) is 11.7 Å². The highest BCUT2D eigenvalue weighted by Crippen LogP contribution is 2.22. The van der Waals surface area contributed by atoms with Crippen molar-refractivity contribution in [3.63, 3.8) is 0 Å². The number of rotatable bonds is 2.